The fourth-order valence-corrected chi connectivity index (χ4v) is 1.80. The largest absolute Gasteiger partial charge is 0.495 e. The normalized spacial score (nSPS) is 19.4. The number of hydrogen-bond acceptors (Lipinski definition) is 2. The molecule has 1 aromatic rings. The molecule has 1 fully saturated rings. The topological polar surface area (TPSA) is 21.3 Å². The van der Waals surface area contributed by atoms with E-state index in [1.807, 2.05) is 18.2 Å². The molecule has 1 aliphatic carbocycles. The van der Waals surface area contributed by atoms with Gasteiger partial charge in [0.25, 0.3) is 0 Å². The molecule has 2 nitrogen and oxygen atoms in total. The van der Waals surface area contributed by atoms with E-state index in [2.05, 4.69) is 25.2 Å². The van der Waals surface area contributed by atoms with Crippen LogP contribution in [0.25, 0.3) is 0 Å². The van der Waals surface area contributed by atoms with E-state index in [1.165, 1.54) is 12.8 Å². The molecule has 0 aliphatic heterocycles. The maximum absolute atomic E-state index is 5.32. The zero-order valence-electron chi connectivity index (χ0n) is 9.71. The second-order valence-electron chi connectivity index (χ2n) is 4.72. The van der Waals surface area contributed by atoms with Gasteiger partial charge >= 0.3 is 0 Å². The first-order valence-corrected chi connectivity index (χ1v) is 5.55. The highest BCUT2D eigenvalue weighted by Crippen LogP contribution is 2.49. The average molecular weight is 205 g/mol. The number of methoxy groups -OCH3 is 1. The Labute approximate surface area is 91.6 Å². The highest BCUT2D eigenvalue weighted by Gasteiger charge is 2.42. The van der Waals surface area contributed by atoms with Crippen molar-refractivity contribution in [2.75, 3.05) is 12.4 Å². The molecule has 1 unspecified atom stereocenters. The number of benzene rings is 1. The molecule has 0 heterocycles. The molecule has 0 amide bonds. The van der Waals surface area contributed by atoms with Crippen LogP contribution in [-0.4, -0.2) is 13.2 Å². The Balaban J connectivity index is 2.09. The van der Waals surface area contributed by atoms with E-state index in [0.717, 1.165) is 11.4 Å². The lowest BCUT2D eigenvalue weighted by Gasteiger charge is -2.22. The van der Waals surface area contributed by atoms with Crippen LogP contribution < -0.4 is 10.1 Å². The summed E-state index contributed by atoms with van der Waals surface area (Å²) in [5, 5.41) is 3.54. The Hall–Kier alpha value is -1.18. The number of nitrogens with one attached hydrogen (secondary N) is 1. The van der Waals surface area contributed by atoms with Crippen molar-refractivity contribution in [1.82, 2.24) is 0 Å². The minimum Gasteiger partial charge on any atom is -0.495 e. The van der Waals surface area contributed by atoms with Gasteiger partial charge in [-0.15, -0.1) is 0 Å². The van der Waals surface area contributed by atoms with Crippen molar-refractivity contribution < 1.29 is 4.74 Å². The molecule has 0 bridgehead atoms. The SMILES string of the molecule is COc1ccccc1NC(C)C1(C)CC1. The van der Waals surface area contributed by atoms with Crippen LogP contribution in [0.2, 0.25) is 0 Å². The molecule has 2 heteroatoms. The first-order chi connectivity index (χ1) is 7.15. The molecule has 82 valence electrons. The highest BCUT2D eigenvalue weighted by atomic mass is 16.5. The van der Waals surface area contributed by atoms with Gasteiger partial charge in [0, 0.05) is 6.04 Å². The maximum atomic E-state index is 5.32. The van der Waals surface area contributed by atoms with E-state index >= 15 is 0 Å². The van der Waals surface area contributed by atoms with Crippen molar-refractivity contribution in [2.24, 2.45) is 5.41 Å². The molecule has 15 heavy (non-hydrogen) atoms. The Morgan fingerprint density at radius 1 is 1.33 bits per heavy atom. The summed E-state index contributed by atoms with van der Waals surface area (Å²) in [4.78, 5) is 0. The average Bonchev–Trinajstić information content (AvgIpc) is 2.99. The molecule has 1 atom stereocenters. The van der Waals surface area contributed by atoms with Crippen LogP contribution in [0.15, 0.2) is 24.3 Å². The fourth-order valence-electron chi connectivity index (χ4n) is 1.80. The molecular weight excluding hydrogens is 186 g/mol. The Bertz CT molecular complexity index is 344. The number of rotatable bonds is 4. The predicted molar refractivity (Wildman–Crippen MR) is 63.4 cm³/mol. The van der Waals surface area contributed by atoms with Crippen LogP contribution in [0, 0.1) is 5.41 Å². The van der Waals surface area contributed by atoms with Crippen LogP contribution in [-0.2, 0) is 0 Å². The number of anilines is 1. The van der Waals surface area contributed by atoms with Gasteiger partial charge in [-0.2, -0.15) is 0 Å². The van der Waals surface area contributed by atoms with E-state index < -0.39 is 0 Å². The molecule has 0 saturated heterocycles. The van der Waals surface area contributed by atoms with Crippen molar-refractivity contribution >= 4 is 5.69 Å². The molecule has 1 aromatic carbocycles. The summed E-state index contributed by atoms with van der Waals surface area (Å²) in [6.07, 6.45) is 2.66. The summed E-state index contributed by atoms with van der Waals surface area (Å²) in [7, 11) is 1.71. The maximum Gasteiger partial charge on any atom is 0.141 e. The third-order valence-electron chi connectivity index (χ3n) is 3.56. The summed E-state index contributed by atoms with van der Waals surface area (Å²) in [6.45, 7) is 4.58. The lowest BCUT2D eigenvalue weighted by atomic mass is 10.0. The Morgan fingerprint density at radius 3 is 2.60 bits per heavy atom. The minimum absolute atomic E-state index is 0.487. The molecule has 0 spiro atoms. The van der Waals surface area contributed by atoms with Gasteiger partial charge in [0.05, 0.1) is 12.8 Å². The lowest BCUT2D eigenvalue weighted by Crippen LogP contribution is -2.25. The zero-order chi connectivity index (χ0) is 10.9. The van der Waals surface area contributed by atoms with Gasteiger partial charge in [0.2, 0.25) is 0 Å². The van der Waals surface area contributed by atoms with E-state index in [-0.39, 0.29) is 0 Å². The summed E-state index contributed by atoms with van der Waals surface area (Å²) >= 11 is 0. The molecule has 1 N–H and O–H groups in total. The van der Waals surface area contributed by atoms with Crippen molar-refractivity contribution in [3.05, 3.63) is 24.3 Å². The zero-order valence-corrected chi connectivity index (χ0v) is 9.71. The van der Waals surface area contributed by atoms with Crippen LogP contribution in [0.3, 0.4) is 0 Å². The predicted octanol–water partition coefficient (Wildman–Crippen LogP) is 3.30. The van der Waals surface area contributed by atoms with Crippen molar-refractivity contribution in [3.8, 4) is 5.75 Å². The molecule has 0 aromatic heterocycles. The number of hydrogen-bond donors (Lipinski definition) is 1. The van der Waals surface area contributed by atoms with Gasteiger partial charge in [-0.1, -0.05) is 19.1 Å². The van der Waals surface area contributed by atoms with E-state index in [1.54, 1.807) is 7.11 Å². The molecule has 1 saturated carbocycles. The third kappa shape index (κ3) is 2.09. The van der Waals surface area contributed by atoms with Crippen molar-refractivity contribution in [1.29, 1.82) is 0 Å². The lowest BCUT2D eigenvalue weighted by molar-refractivity contribution is 0.414. The summed E-state index contributed by atoms with van der Waals surface area (Å²) in [5.74, 6) is 0.925. The molecular formula is C13H19NO. The van der Waals surface area contributed by atoms with Gasteiger partial charge in [0.15, 0.2) is 0 Å². The highest BCUT2D eigenvalue weighted by molar-refractivity contribution is 5.57. The summed E-state index contributed by atoms with van der Waals surface area (Å²) in [6, 6.07) is 8.60. The van der Waals surface area contributed by atoms with Gasteiger partial charge < -0.3 is 10.1 Å². The summed E-state index contributed by atoms with van der Waals surface area (Å²) in [5.41, 5.74) is 1.58. The van der Waals surface area contributed by atoms with Gasteiger partial charge in [-0.25, -0.2) is 0 Å². The molecule has 2 rings (SSSR count). The smallest absolute Gasteiger partial charge is 0.141 e. The van der Waals surface area contributed by atoms with Crippen LogP contribution in [0.1, 0.15) is 26.7 Å². The van der Waals surface area contributed by atoms with E-state index in [0.29, 0.717) is 11.5 Å². The first-order valence-electron chi connectivity index (χ1n) is 5.55. The van der Waals surface area contributed by atoms with E-state index in [9.17, 15) is 0 Å². The standard InChI is InChI=1S/C13H19NO/c1-10(13(2)8-9-13)14-11-6-4-5-7-12(11)15-3/h4-7,10,14H,8-9H2,1-3H3. The fraction of sp³-hybridized carbons (Fsp3) is 0.538. The van der Waals surface area contributed by atoms with E-state index in [4.69, 9.17) is 4.74 Å². The third-order valence-corrected chi connectivity index (χ3v) is 3.56. The Kier molecular flexibility index (Phi) is 2.59. The monoisotopic (exact) mass is 205 g/mol. The van der Waals surface area contributed by atoms with Crippen LogP contribution in [0.5, 0.6) is 5.75 Å². The van der Waals surface area contributed by atoms with Crippen molar-refractivity contribution in [3.63, 3.8) is 0 Å². The van der Waals surface area contributed by atoms with Gasteiger partial charge in [0.1, 0.15) is 5.75 Å². The second-order valence-corrected chi connectivity index (χ2v) is 4.72. The number of ether oxygens (including phenoxy) is 1. The molecule has 0 radical (unpaired) electrons. The summed E-state index contributed by atoms with van der Waals surface area (Å²) < 4.78 is 5.32. The van der Waals surface area contributed by atoms with Crippen LogP contribution >= 0.6 is 0 Å². The number of para-hydroxylation sites is 2. The van der Waals surface area contributed by atoms with Crippen LogP contribution in [0.4, 0.5) is 5.69 Å². The molecule has 1 aliphatic rings. The second kappa shape index (κ2) is 3.76. The van der Waals surface area contributed by atoms with Gasteiger partial charge in [-0.05, 0) is 37.3 Å². The van der Waals surface area contributed by atoms with Crippen molar-refractivity contribution in [2.45, 2.75) is 32.7 Å². The quantitative estimate of drug-likeness (QED) is 0.814. The minimum atomic E-state index is 0.487. The van der Waals surface area contributed by atoms with Gasteiger partial charge in [-0.3, -0.25) is 0 Å². The Morgan fingerprint density at radius 2 is 2.00 bits per heavy atom. The first kappa shape index (κ1) is 10.3.